The molecule has 3 atom stereocenters. The number of aliphatic hydroxyl groups is 1. The summed E-state index contributed by atoms with van der Waals surface area (Å²) in [7, 11) is 0. The molecule has 1 aliphatic heterocycles. The van der Waals surface area contributed by atoms with Gasteiger partial charge in [-0.15, -0.1) is 0 Å². The summed E-state index contributed by atoms with van der Waals surface area (Å²) in [4.78, 5) is 26.1. The minimum absolute atomic E-state index is 0.123. The maximum Gasteiger partial charge on any atom is 0.419 e. The SMILES string of the molecule is C[C@@H]1C[C@H](O)c2ncnc(N3CCN(C(=O)C(CNCC4CC4)c4ccc(C(F)(F)F)c(F)c4)CC3)c21. The standard InChI is InChI=1S/C26H31F4N5O2/c1-15-10-21(36)23-22(15)24(33-14-32-23)34-6-8-35(9-7-34)25(37)18(13-31-12-16-2-3-16)17-4-5-19(20(27)11-17)26(28,29)30/h4-5,11,14-16,18,21,31,36H,2-3,6-10,12-13H2,1H3/t15-,18?,21+/m1/s1. The van der Waals surface area contributed by atoms with Crippen LogP contribution >= 0.6 is 0 Å². The first-order chi connectivity index (χ1) is 17.6. The van der Waals surface area contributed by atoms with Crippen LogP contribution in [0.4, 0.5) is 23.4 Å². The Hall–Kier alpha value is -2.79. The topological polar surface area (TPSA) is 81.6 Å². The molecule has 37 heavy (non-hydrogen) atoms. The minimum atomic E-state index is -4.79. The van der Waals surface area contributed by atoms with Crippen molar-refractivity contribution in [2.75, 3.05) is 44.2 Å². The molecule has 2 N–H and O–H groups in total. The second-order valence-electron chi connectivity index (χ2n) is 10.4. The molecule has 1 saturated carbocycles. The van der Waals surface area contributed by atoms with Gasteiger partial charge in [0.2, 0.25) is 5.91 Å². The number of aliphatic hydroxyl groups excluding tert-OH is 1. The zero-order chi connectivity index (χ0) is 26.3. The molecule has 3 aliphatic rings. The van der Waals surface area contributed by atoms with E-state index in [0.29, 0.717) is 44.2 Å². The summed E-state index contributed by atoms with van der Waals surface area (Å²) in [6, 6.07) is 2.77. The molecule has 7 nitrogen and oxygen atoms in total. The molecule has 1 aromatic heterocycles. The second-order valence-corrected chi connectivity index (χ2v) is 10.4. The third-order valence-electron chi connectivity index (χ3n) is 7.65. The highest BCUT2D eigenvalue weighted by Gasteiger charge is 2.37. The smallest absolute Gasteiger partial charge is 0.387 e. The lowest BCUT2D eigenvalue weighted by Crippen LogP contribution is -2.51. The van der Waals surface area contributed by atoms with E-state index in [1.165, 1.54) is 12.4 Å². The summed E-state index contributed by atoms with van der Waals surface area (Å²) in [5, 5.41) is 13.6. The van der Waals surface area contributed by atoms with Crippen molar-refractivity contribution in [3.63, 3.8) is 0 Å². The van der Waals surface area contributed by atoms with Gasteiger partial charge in [-0.05, 0) is 55.3 Å². The number of aromatic nitrogens is 2. The second kappa shape index (κ2) is 10.2. The molecule has 200 valence electrons. The highest BCUT2D eigenvalue weighted by molar-refractivity contribution is 5.84. The maximum atomic E-state index is 14.4. The molecule has 1 unspecified atom stereocenters. The molecule has 1 amide bonds. The Morgan fingerprint density at radius 3 is 2.57 bits per heavy atom. The van der Waals surface area contributed by atoms with Crippen LogP contribution in [0, 0.1) is 11.7 Å². The van der Waals surface area contributed by atoms with Crippen LogP contribution in [0.3, 0.4) is 0 Å². The van der Waals surface area contributed by atoms with Gasteiger partial charge in [0.1, 0.15) is 18.0 Å². The quantitative estimate of drug-likeness (QED) is 0.542. The number of amides is 1. The van der Waals surface area contributed by atoms with Crippen molar-refractivity contribution in [1.29, 1.82) is 0 Å². The number of nitrogens with zero attached hydrogens (tertiary/aromatic N) is 4. The number of piperazine rings is 1. The molecule has 0 spiro atoms. The Morgan fingerprint density at radius 1 is 1.19 bits per heavy atom. The summed E-state index contributed by atoms with van der Waals surface area (Å²) in [5.74, 6) is -0.951. The van der Waals surface area contributed by atoms with E-state index in [1.807, 2.05) is 6.92 Å². The number of fused-ring (bicyclic) bond motifs is 1. The zero-order valence-corrected chi connectivity index (χ0v) is 20.6. The fourth-order valence-electron chi connectivity index (χ4n) is 5.39. The number of rotatable bonds is 7. The highest BCUT2D eigenvalue weighted by Crippen LogP contribution is 2.43. The van der Waals surface area contributed by atoms with Gasteiger partial charge in [-0.3, -0.25) is 4.79 Å². The van der Waals surface area contributed by atoms with E-state index in [0.717, 1.165) is 42.9 Å². The summed E-state index contributed by atoms with van der Waals surface area (Å²) in [6.07, 6.45) is -1.12. The average molecular weight is 522 g/mol. The molecule has 2 aliphatic carbocycles. The molecule has 2 fully saturated rings. The van der Waals surface area contributed by atoms with Crippen molar-refractivity contribution in [2.24, 2.45) is 5.92 Å². The van der Waals surface area contributed by atoms with Crippen LogP contribution in [0.5, 0.6) is 0 Å². The van der Waals surface area contributed by atoms with Crippen LogP contribution in [-0.2, 0) is 11.0 Å². The monoisotopic (exact) mass is 521 g/mol. The number of halogens is 4. The van der Waals surface area contributed by atoms with Gasteiger partial charge in [-0.1, -0.05) is 13.0 Å². The predicted octanol–water partition coefficient (Wildman–Crippen LogP) is 3.61. The van der Waals surface area contributed by atoms with E-state index in [1.54, 1.807) is 4.90 Å². The van der Waals surface area contributed by atoms with Crippen molar-refractivity contribution in [2.45, 2.75) is 50.3 Å². The van der Waals surface area contributed by atoms with Crippen molar-refractivity contribution in [3.8, 4) is 0 Å². The van der Waals surface area contributed by atoms with Crippen molar-refractivity contribution in [1.82, 2.24) is 20.2 Å². The van der Waals surface area contributed by atoms with E-state index in [9.17, 15) is 27.5 Å². The lowest BCUT2D eigenvalue weighted by molar-refractivity contribution is -0.140. The predicted molar refractivity (Wildman–Crippen MR) is 129 cm³/mol. The van der Waals surface area contributed by atoms with E-state index < -0.39 is 29.6 Å². The lowest BCUT2D eigenvalue weighted by atomic mass is 9.95. The third kappa shape index (κ3) is 5.43. The Labute approximate surface area is 212 Å². The number of anilines is 1. The number of hydrogen-bond donors (Lipinski definition) is 2. The van der Waals surface area contributed by atoms with Crippen molar-refractivity contribution in [3.05, 3.63) is 52.7 Å². The normalized spacial score (nSPS) is 22.8. The molecule has 1 saturated heterocycles. The van der Waals surface area contributed by atoms with E-state index >= 15 is 0 Å². The van der Waals surface area contributed by atoms with Gasteiger partial charge in [0, 0.05) is 38.3 Å². The van der Waals surface area contributed by atoms with Gasteiger partial charge >= 0.3 is 6.18 Å². The first-order valence-corrected chi connectivity index (χ1v) is 12.8. The van der Waals surface area contributed by atoms with Gasteiger partial charge < -0.3 is 20.2 Å². The van der Waals surface area contributed by atoms with Gasteiger partial charge in [-0.25, -0.2) is 14.4 Å². The summed E-state index contributed by atoms with van der Waals surface area (Å²) in [6.45, 7) is 4.82. The van der Waals surface area contributed by atoms with Crippen LogP contribution in [0.2, 0.25) is 0 Å². The number of alkyl halides is 3. The Morgan fingerprint density at radius 2 is 1.92 bits per heavy atom. The average Bonchev–Trinajstić information content (AvgIpc) is 3.64. The van der Waals surface area contributed by atoms with Gasteiger partial charge in [0.05, 0.1) is 23.3 Å². The molecule has 0 radical (unpaired) electrons. The largest absolute Gasteiger partial charge is 0.419 e. The van der Waals surface area contributed by atoms with Crippen molar-refractivity contribution >= 4 is 11.7 Å². The van der Waals surface area contributed by atoms with E-state index in [4.69, 9.17) is 0 Å². The number of carbonyl (C=O) groups excluding carboxylic acids is 1. The minimum Gasteiger partial charge on any atom is -0.387 e. The summed E-state index contributed by atoms with van der Waals surface area (Å²) >= 11 is 0. The molecular weight excluding hydrogens is 490 g/mol. The molecule has 0 bridgehead atoms. The summed E-state index contributed by atoms with van der Waals surface area (Å²) in [5.41, 5.74) is 0.496. The fraction of sp³-hybridized carbons (Fsp3) is 0.577. The molecule has 2 aromatic rings. The van der Waals surface area contributed by atoms with Gasteiger partial charge in [0.15, 0.2) is 0 Å². The Bertz CT molecular complexity index is 1150. The molecule has 2 heterocycles. The van der Waals surface area contributed by atoms with Crippen LogP contribution < -0.4 is 10.2 Å². The van der Waals surface area contributed by atoms with Crippen molar-refractivity contribution < 1.29 is 27.5 Å². The van der Waals surface area contributed by atoms with Gasteiger partial charge in [0.25, 0.3) is 0 Å². The molecular formula is C26H31F4N5O2. The number of carbonyl (C=O) groups is 1. The molecule has 11 heteroatoms. The van der Waals surface area contributed by atoms with Crippen LogP contribution in [-0.4, -0.2) is 65.2 Å². The number of benzene rings is 1. The first kappa shape index (κ1) is 25.8. The number of hydrogen-bond acceptors (Lipinski definition) is 6. The van der Waals surface area contributed by atoms with Gasteiger partial charge in [-0.2, -0.15) is 13.2 Å². The van der Waals surface area contributed by atoms with Crippen LogP contribution in [0.1, 0.15) is 66.5 Å². The van der Waals surface area contributed by atoms with Crippen LogP contribution in [0.15, 0.2) is 24.5 Å². The highest BCUT2D eigenvalue weighted by atomic mass is 19.4. The molecule has 1 aromatic carbocycles. The maximum absolute atomic E-state index is 14.4. The Balaban J connectivity index is 1.31. The number of nitrogens with one attached hydrogen (secondary N) is 1. The van der Waals surface area contributed by atoms with E-state index in [2.05, 4.69) is 20.2 Å². The zero-order valence-electron chi connectivity index (χ0n) is 20.6. The Kier molecular flexibility index (Phi) is 7.10. The molecule has 5 rings (SSSR count). The first-order valence-electron chi connectivity index (χ1n) is 12.8. The third-order valence-corrected chi connectivity index (χ3v) is 7.65. The summed E-state index contributed by atoms with van der Waals surface area (Å²) < 4.78 is 53.6. The lowest BCUT2D eigenvalue weighted by Gasteiger charge is -2.38. The van der Waals surface area contributed by atoms with E-state index in [-0.39, 0.29) is 23.9 Å². The fourth-order valence-corrected chi connectivity index (χ4v) is 5.39. The van der Waals surface area contributed by atoms with Crippen LogP contribution in [0.25, 0.3) is 0 Å².